The molecule has 18 heavy (non-hydrogen) atoms. The molecule has 0 aliphatic carbocycles. The summed E-state index contributed by atoms with van der Waals surface area (Å²) in [6.07, 6.45) is 1.60. The molecule has 0 fully saturated rings. The highest BCUT2D eigenvalue weighted by Crippen LogP contribution is 2.28. The standard InChI is InChI=1S/C13H14BrN3O/c1-8-6-9(2)12(10(14)7-8)16-13(18)11-4-5-15-17(11)3/h4-7H,1-3H3,(H,16,18). The minimum absolute atomic E-state index is 0.164. The first-order valence-electron chi connectivity index (χ1n) is 5.55. The molecular formula is C13H14BrN3O. The molecule has 4 nitrogen and oxygen atoms in total. The summed E-state index contributed by atoms with van der Waals surface area (Å²) >= 11 is 3.47. The van der Waals surface area contributed by atoms with Crippen LogP contribution in [0.1, 0.15) is 21.6 Å². The van der Waals surface area contributed by atoms with E-state index in [1.165, 1.54) is 0 Å². The van der Waals surface area contributed by atoms with E-state index in [1.54, 1.807) is 24.0 Å². The molecule has 94 valence electrons. The van der Waals surface area contributed by atoms with Gasteiger partial charge in [0.2, 0.25) is 0 Å². The molecule has 1 aromatic heterocycles. The van der Waals surface area contributed by atoms with Crippen molar-refractivity contribution < 1.29 is 4.79 Å². The number of aryl methyl sites for hydroxylation is 3. The number of hydrogen-bond acceptors (Lipinski definition) is 2. The third kappa shape index (κ3) is 2.46. The average Bonchev–Trinajstić information content (AvgIpc) is 2.69. The van der Waals surface area contributed by atoms with Crippen molar-refractivity contribution in [2.24, 2.45) is 7.05 Å². The maximum Gasteiger partial charge on any atom is 0.273 e. The lowest BCUT2D eigenvalue weighted by atomic mass is 10.1. The van der Waals surface area contributed by atoms with Crippen LogP contribution in [0.5, 0.6) is 0 Å². The van der Waals surface area contributed by atoms with E-state index in [0.717, 1.165) is 21.3 Å². The summed E-state index contributed by atoms with van der Waals surface area (Å²) in [7, 11) is 1.74. The predicted molar refractivity (Wildman–Crippen MR) is 74.8 cm³/mol. The Balaban J connectivity index is 2.31. The van der Waals surface area contributed by atoms with Gasteiger partial charge in [-0.25, -0.2) is 0 Å². The Kier molecular flexibility index (Phi) is 3.52. The number of anilines is 1. The second-order valence-electron chi connectivity index (χ2n) is 4.23. The summed E-state index contributed by atoms with van der Waals surface area (Å²) in [6.45, 7) is 3.99. The van der Waals surface area contributed by atoms with Crippen molar-refractivity contribution in [2.45, 2.75) is 13.8 Å². The predicted octanol–water partition coefficient (Wildman–Crippen LogP) is 3.05. The number of amides is 1. The van der Waals surface area contributed by atoms with Gasteiger partial charge in [-0.2, -0.15) is 5.10 Å². The molecule has 0 saturated heterocycles. The normalized spacial score (nSPS) is 10.4. The minimum Gasteiger partial charge on any atom is -0.319 e. The van der Waals surface area contributed by atoms with Crippen molar-refractivity contribution in [1.29, 1.82) is 0 Å². The summed E-state index contributed by atoms with van der Waals surface area (Å²) in [5.74, 6) is -0.164. The molecule has 2 rings (SSSR count). The summed E-state index contributed by atoms with van der Waals surface area (Å²) < 4.78 is 2.43. The summed E-state index contributed by atoms with van der Waals surface area (Å²) in [5.41, 5.74) is 3.50. The maximum absolute atomic E-state index is 12.1. The van der Waals surface area contributed by atoms with Crippen LogP contribution in [-0.2, 0) is 7.05 Å². The van der Waals surface area contributed by atoms with E-state index in [-0.39, 0.29) is 5.91 Å². The van der Waals surface area contributed by atoms with Gasteiger partial charge in [-0.15, -0.1) is 0 Å². The van der Waals surface area contributed by atoms with Crippen LogP contribution >= 0.6 is 15.9 Å². The molecule has 0 atom stereocenters. The third-order valence-corrected chi connectivity index (χ3v) is 3.35. The van der Waals surface area contributed by atoms with E-state index in [4.69, 9.17) is 0 Å². The summed E-state index contributed by atoms with van der Waals surface area (Å²) in [4.78, 5) is 12.1. The van der Waals surface area contributed by atoms with Crippen LogP contribution in [0, 0.1) is 13.8 Å². The highest BCUT2D eigenvalue weighted by atomic mass is 79.9. The fourth-order valence-electron chi connectivity index (χ4n) is 1.85. The Hall–Kier alpha value is -1.62. The number of aromatic nitrogens is 2. The molecule has 0 bridgehead atoms. The van der Waals surface area contributed by atoms with E-state index in [1.807, 2.05) is 26.0 Å². The number of nitrogens with zero attached hydrogens (tertiary/aromatic N) is 2. The second kappa shape index (κ2) is 4.94. The quantitative estimate of drug-likeness (QED) is 0.927. The number of carbonyl (C=O) groups excluding carboxylic acids is 1. The van der Waals surface area contributed by atoms with Crippen LogP contribution in [0.15, 0.2) is 28.9 Å². The van der Waals surface area contributed by atoms with E-state index in [2.05, 4.69) is 26.3 Å². The van der Waals surface area contributed by atoms with Crippen LogP contribution in [0.4, 0.5) is 5.69 Å². The molecule has 1 aromatic carbocycles. The second-order valence-corrected chi connectivity index (χ2v) is 5.09. The lowest BCUT2D eigenvalue weighted by Gasteiger charge is -2.11. The highest BCUT2D eigenvalue weighted by molar-refractivity contribution is 9.10. The number of hydrogen-bond donors (Lipinski definition) is 1. The first kappa shape index (κ1) is 12.8. The van der Waals surface area contributed by atoms with Crippen molar-refractivity contribution in [3.63, 3.8) is 0 Å². The van der Waals surface area contributed by atoms with Gasteiger partial charge in [-0.3, -0.25) is 9.48 Å². The molecule has 0 saturated carbocycles. The molecule has 5 heteroatoms. The van der Waals surface area contributed by atoms with Crippen molar-refractivity contribution in [3.05, 3.63) is 45.7 Å². The van der Waals surface area contributed by atoms with Crippen LogP contribution in [0.25, 0.3) is 0 Å². The Bertz CT molecular complexity index is 581. The zero-order valence-corrected chi connectivity index (χ0v) is 12.1. The van der Waals surface area contributed by atoms with Crippen molar-refractivity contribution in [1.82, 2.24) is 9.78 Å². The van der Waals surface area contributed by atoms with Gasteiger partial charge in [0, 0.05) is 17.7 Å². The fraction of sp³-hybridized carbons (Fsp3) is 0.231. The minimum atomic E-state index is -0.164. The number of nitrogens with one attached hydrogen (secondary N) is 1. The smallest absolute Gasteiger partial charge is 0.273 e. The highest BCUT2D eigenvalue weighted by Gasteiger charge is 2.13. The zero-order chi connectivity index (χ0) is 13.3. The number of carbonyl (C=O) groups is 1. The van der Waals surface area contributed by atoms with E-state index in [0.29, 0.717) is 5.69 Å². The van der Waals surface area contributed by atoms with Crippen LogP contribution in [-0.4, -0.2) is 15.7 Å². The molecule has 0 spiro atoms. The van der Waals surface area contributed by atoms with Crippen molar-refractivity contribution in [3.8, 4) is 0 Å². The van der Waals surface area contributed by atoms with Crippen LogP contribution < -0.4 is 5.32 Å². The van der Waals surface area contributed by atoms with Gasteiger partial charge >= 0.3 is 0 Å². The topological polar surface area (TPSA) is 46.9 Å². The van der Waals surface area contributed by atoms with E-state index < -0.39 is 0 Å². The van der Waals surface area contributed by atoms with Gasteiger partial charge in [0.05, 0.1) is 5.69 Å². The summed E-state index contributed by atoms with van der Waals surface area (Å²) in [5, 5.41) is 6.88. The molecule has 1 amide bonds. The van der Waals surface area contributed by atoms with Gasteiger partial charge in [0.15, 0.2) is 0 Å². The Morgan fingerprint density at radius 3 is 2.67 bits per heavy atom. The van der Waals surface area contributed by atoms with E-state index >= 15 is 0 Å². The molecule has 0 aliphatic rings. The number of halogens is 1. The van der Waals surface area contributed by atoms with Gasteiger partial charge in [0.1, 0.15) is 5.69 Å². The maximum atomic E-state index is 12.1. The lowest BCUT2D eigenvalue weighted by molar-refractivity contribution is 0.101. The molecule has 1 N–H and O–H groups in total. The van der Waals surface area contributed by atoms with E-state index in [9.17, 15) is 4.79 Å². The largest absolute Gasteiger partial charge is 0.319 e. The SMILES string of the molecule is Cc1cc(C)c(NC(=O)c2ccnn2C)c(Br)c1. The van der Waals surface area contributed by atoms with Crippen LogP contribution in [0.2, 0.25) is 0 Å². The number of rotatable bonds is 2. The van der Waals surface area contributed by atoms with Crippen molar-refractivity contribution in [2.75, 3.05) is 5.32 Å². The summed E-state index contributed by atoms with van der Waals surface area (Å²) in [6, 6.07) is 5.70. The van der Waals surface area contributed by atoms with Gasteiger partial charge in [-0.05, 0) is 53.0 Å². The fourth-order valence-corrected chi connectivity index (χ4v) is 2.62. The Morgan fingerprint density at radius 1 is 1.39 bits per heavy atom. The van der Waals surface area contributed by atoms with Crippen molar-refractivity contribution >= 4 is 27.5 Å². The van der Waals surface area contributed by atoms with Gasteiger partial charge in [-0.1, -0.05) is 6.07 Å². The lowest BCUT2D eigenvalue weighted by Crippen LogP contribution is -2.17. The Morgan fingerprint density at radius 2 is 2.11 bits per heavy atom. The molecular weight excluding hydrogens is 294 g/mol. The average molecular weight is 308 g/mol. The molecule has 1 heterocycles. The number of benzene rings is 1. The molecule has 0 unspecified atom stereocenters. The Labute approximate surface area is 114 Å². The zero-order valence-electron chi connectivity index (χ0n) is 10.5. The van der Waals surface area contributed by atoms with Crippen LogP contribution in [0.3, 0.4) is 0 Å². The first-order valence-corrected chi connectivity index (χ1v) is 6.34. The van der Waals surface area contributed by atoms with Gasteiger partial charge in [0.25, 0.3) is 5.91 Å². The molecule has 0 radical (unpaired) electrons. The first-order chi connectivity index (χ1) is 8.49. The third-order valence-electron chi connectivity index (χ3n) is 2.72. The molecule has 0 aliphatic heterocycles. The molecule has 2 aromatic rings. The monoisotopic (exact) mass is 307 g/mol. The van der Waals surface area contributed by atoms with Gasteiger partial charge < -0.3 is 5.32 Å².